The number of aldehydes is 1. The van der Waals surface area contributed by atoms with E-state index in [-0.39, 0.29) is 5.41 Å². The van der Waals surface area contributed by atoms with Crippen LogP contribution in [0, 0.1) is 5.41 Å². The number of nitrogens with zero attached hydrogens (tertiary/aromatic N) is 1. The molecule has 3 nitrogen and oxygen atoms in total. The van der Waals surface area contributed by atoms with Crippen LogP contribution in [0.5, 0.6) is 0 Å². The Hall–Kier alpha value is -0.410. The summed E-state index contributed by atoms with van der Waals surface area (Å²) in [7, 11) is 1.72. The second-order valence-corrected chi connectivity index (χ2v) is 4.91. The largest absolute Gasteiger partial charge is 0.383 e. The summed E-state index contributed by atoms with van der Waals surface area (Å²) in [4.78, 5) is 13.7. The summed E-state index contributed by atoms with van der Waals surface area (Å²) in [6.07, 6.45) is 4.07. The number of carbonyl (C=O) groups excluding carboxylic acids is 1. The minimum Gasteiger partial charge on any atom is -0.383 e. The Bertz CT molecular complexity index is 202. The molecule has 0 aliphatic carbocycles. The molecule has 0 saturated heterocycles. The zero-order valence-electron chi connectivity index (χ0n) is 12.2. The highest BCUT2D eigenvalue weighted by atomic mass is 16.5. The predicted molar refractivity (Wildman–Crippen MR) is 72.3 cm³/mol. The van der Waals surface area contributed by atoms with E-state index in [1.54, 1.807) is 7.11 Å². The first-order valence-corrected chi connectivity index (χ1v) is 6.78. The van der Waals surface area contributed by atoms with Crippen molar-refractivity contribution in [3.63, 3.8) is 0 Å². The second kappa shape index (κ2) is 8.65. The summed E-state index contributed by atoms with van der Waals surface area (Å²) in [5.74, 6) is 0. The molecule has 0 N–H and O–H groups in total. The highest BCUT2D eigenvalue weighted by Crippen LogP contribution is 2.26. The number of methoxy groups -OCH3 is 1. The van der Waals surface area contributed by atoms with Crippen molar-refractivity contribution >= 4 is 6.29 Å². The van der Waals surface area contributed by atoms with Crippen LogP contribution >= 0.6 is 0 Å². The Kier molecular flexibility index (Phi) is 8.44. The van der Waals surface area contributed by atoms with Crippen LogP contribution in [0.3, 0.4) is 0 Å². The van der Waals surface area contributed by atoms with E-state index in [0.29, 0.717) is 6.04 Å². The number of carbonyl (C=O) groups is 1. The molecule has 0 radical (unpaired) electrons. The Labute approximate surface area is 107 Å². The highest BCUT2D eigenvalue weighted by Gasteiger charge is 2.29. The summed E-state index contributed by atoms with van der Waals surface area (Å²) < 4.78 is 5.15. The molecule has 0 amide bonds. The second-order valence-electron chi connectivity index (χ2n) is 4.91. The molecule has 0 fully saturated rings. The fourth-order valence-corrected chi connectivity index (χ4v) is 2.00. The van der Waals surface area contributed by atoms with Crippen molar-refractivity contribution in [3.8, 4) is 0 Å². The van der Waals surface area contributed by atoms with Crippen LogP contribution in [0.25, 0.3) is 0 Å². The maximum absolute atomic E-state index is 11.4. The predicted octanol–water partition coefficient (Wildman–Crippen LogP) is 2.74. The molecule has 17 heavy (non-hydrogen) atoms. The van der Waals surface area contributed by atoms with Crippen LogP contribution in [-0.2, 0) is 9.53 Å². The van der Waals surface area contributed by atoms with Gasteiger partial charge in [-0.1, -0.05) is 20.8 Å². The molecule has 0 rings (SSSR count). The lowest BCUT2D eigenvalue weighted by Gasteiger charge is -2.36. The third kappa shape index (κ3) is 5.17. The van der Waals surface area contributed by atoms with Gasteiger partial charge in [-0.2, -0.15) is 0 Å². The third-order valence-corrected chi connectivity index (χ3v) is 3.97. The summed E-state index contributed by atoms with van der Waals surface area (Å²) in [5.41, 5.74) is -0.183. The SMILES string of the molecule is CCC(C)N(CCOC)CC(C=O)(CC)CC. The van der Waals surface area contributed by atoms with Crippen molar-refractivity contribution in [2.45, 2.75) is 53.0 Å². The van der Waals surface area contributed by atoms with Crippen LogP contribution in [-0.4, -0.2) is 44.0 Å². The van der Waals surface area contributed by atoms with Gasteiger partial charge >= 0.3 is 0 Å². The van der Waals surface area contributed by atoms with Crippen LogP contribution in [0.4, 0.5) is 0 Å². The molecule has 0 spiro atoms. The summed E-state index contributed by atoms with van der Waals surface area (Å²) in [5, 5.41) is 0. The van der Waals surface area contributed by atoms with Gasteiger partial charge in [0.1, 0.15) is 6.29 Å². The third-order valence-electron chi connectivity index (χ3n) is 3.97. The van der Waals surface area contributed by atoms with Crippen LogP contribution in [0.2, 0.25) is 0 Å². The molecule has 0 aliphatic rings. The molecular weight excluding hydrogens is 214 g/mol. The average Bonchev–Trinajstić information content (AvgIpc) is 2.39. The van der Waals surface area contributed by atoms with E-state index in [2.05, 4.69) is 32.6 Å². The smallest absolute Gasteiger partial charge is 0.127 e. The molecule has 0 aliphatic heterocycles. The molecule has 1 unspecified atom stereocenters. The Morgan fingerprint density at radius 3 is 2.24 bits per heavy atom. The topological polar surface area (TPSA) is 29.5 Å². The Morgan fingerprint density at radius 1 is 1.29 bits per heavy atom. The fourth-order valence-electron chi connectivity index (χ4n) is 2.00. The van der Waals surface area contributed by atoms with Gasteiger partial charge in [0.25, 0.3) is 0 Å². The van der Waals surface area contributed by atoms with E-state index in [1.165, 1.54) is 0 Å². The van der Waals surface area contributed by atoms with Gasteiger partial charge in [-0.3, -0.25) is 4.90 Å². The van der Waals surface area contributed by atoms with Crippen LogP contribution in [0.15, 0.2) is 0 Å². The number of rotatable bonds is 10. The maximum Gasteiger partial charge on any atom is 0.127 e. The lowest BCUT2D eigenvalue weighted by molar-refractivity contribution is -0.118. The molecule has 102 valence electrons. The lowest BCUT2D eigenvalue weighted by atomic mass is 9.83. The summed E-state index contributed by atoms with van der Waals surface area (Å²) in [6, 6.07) is 0.502. The quantitative estimate of drug-likeness (QED) is 0.553. The lowest BCUT2D eigenvalue weighted by Crippen LogP contribution is -2.44. The standard InChI is InChI=1S/C14H29NO2/c1-6-13(4)15(9-10-17-5)11-14(7-2,8-3)12-16/h12-13H,6-11H2,1-5H3. The number of hydrogen-bond acceptors (Lipinski definition) is 3. The van der Waals surface area contributed by atoms with E-state index in [9.17, 15) is 4.79 Å². The van der Waals surface area contributed by atoms with E-state index >= 15 is 0 Å². The Morgan fingerprint density at radius 2 is 1.88 bits per heavy atom. The zero-order chi connectivity index (χ0) is 13.3. The van der Waals surface area contributed by atoms with Gasteiger partial charge < -0.3 is 9.53 Å². The van der Waals surface area contributed by atoms with Gasteiger partial charge in [0, 0.05) is 31.7 Å². The van der Waals surface area contributed by atoms with Gasteiger partial charge in [0.2, 0.25) is 0 Å². The van der Waals surface area contributed by atoms with Crippen molar-refractivity contribution in [3.05, 3.63) is 0 Å². The van der Waals surface area contributed by atoms with Crippen molar-refractivity contribution in [2.75, 3.05) is 26.8 Å². The first kappa shape index (κ1) is 16.6. The minimum atomic E-state index is -0.183. The Balaban J connectivity index is 4.63. The van der Waals surface area contributed by atoms with Gasteiger partial charge in [-0.15, -0.1) is 0 Å². The van der Waals surface area contributed by atoms with Gasteiger partial charge in [-0.25, -0.2) is 0 Å². The van der Waals surface area contributed by atoms with E-state index in [4.69, 9.17) is 4.74 Å². The molecule has 0 aromatic heterocycles. The molecular formula is C14H29NO2. The molecule has 0 saturated carbocycles. The van der Waals surface area contributed by atoms with Crippen LogP contribution < -0.4 is 0 Å². The highest BCUT2D eigenvalue weighted by molar-refractivity contribution is 5.59. The molecule has 0 aromatic rings. The van der Waals surface area contributed by atoms with E-state index < -0.39 is 0 Å². The molecule has 1 atom stereocenters. The monoisotopic (exact) mass is 243 g/mol. The molecule has 0 bridgehead atoms. The van der Waals surface area contributed by atoms with Gasteiger partial charge in [-0.05, 0) is 26.2 Å². The van der Waals surface area contributed by atoms with Gasteiger partial charge in [0.15, 0.2) is 0 Å². The number of hydrogen-bond donors (Lipinski definition) is 0. The first-order valence-electron chi connectivity index (χ1n) is 6.78. The normalized spacial score (nSPS) is 14.0. The maximum atomic E-state index is 11.4. The zero-order valence-corrected chi connectivity index (χ0v) is 12.2. The molecule has 0 heterocycles. The molecule has 3 heteroatoms. The van der Waals surface area contributed by atoms with Gasteiger partial charge in [0.05, 0.1) is 6.61 Å². The van der Waals surface area contributed by atoms with Crippen molar-refractivity contribution < 1.29 is 9.53 Å². The van der Waals surface area contributed by atoms with Crippen LogP contribution in [0.1, 0.15) is 47.0 Å². The van der Waals surface area contributed by atoms with E-state index in [0.717, 1.165) is 45.2 Å². The number of ether oxygens (including phenoxy) is 1. The minimum absolute atomic E-state index is 0.183. The fraction of sp³-hybridized carbons (Fsp3) is 0.929. The molecule has 0 aromatic carbocycles. The first-order chi connectivity index (χ1) is 8.09. The van der Waals surface area contributed by atoms with E-state index in [1.807, 2.05) is 0 Å². The van der Waals surface area contributed by atoms with Crippen molar-refractivity contribution in [1.82, 2.24) is 4.90 Å². The average molecular weight is 243 g/mol. The van der Waals surface area contributed by atoms with Crippen molar-refractivity contribution in [2.24, 2.45) is 5.41 Å². The summed E-state index contributed by atoms with van der Waals surface area (Å²) >= 11 is 0. The van der Waals surface area contributed by atoms with Crippen molar-refractivity contribution in [1.29, 1.82) is 0 Å². The summed E-state index contributed by atoms with van der Waals surface area (Å²) in [6.45, 7) is 11.1.